The molecular formula is C16H13FO4. The van der Waals surface area contributed by atoms with Gasteiger partial charge in [-0.1, -0.05) is 12.1 Å². The number of ether oxygens (including phenoxy) is 2. The van der Waals surface area contributed by atoms with E-state index in [2.05, 4.69) is 0 Å². The van der Waals surface area contributed by atoms with Crippen molar-refractivity contribution >= 4 is 12.1 Å². The van der Waals surface area contributed by atoms with Gasteiger partial charge in [0.05, 0.1) is 12.7 Å². The van der Waals surface area contributed by atoms with Crippen LogP contribution in [0.25, 0.3) is 0 Å². The van der Waals surface area contributed by atoms with Gasteiger partial charge in [0.15, 0.2) is 6.61 Å². The fourth-order valence-electron chi connectivity index (χ4n) is 1.80. The molecule has 2 aromatic rings. The van der Waals surface area contributed by atoms with E-state index in [0.717, 1.165) is 6.07 Å². The molecule has 0 aromatic heterocycles. The van der Waals surface area contributed by atoms with Crippen molar-refractivity contribution < 1.29 is 23.5 Å². The minimum Gasteiger partial charge on any atom is -0.496 e. The van der Waals surface area contributed by atoms with E-state index in [1.165, 1.54) is 25.3 Å². The Balaban J connectivity index is 2.11. The Morgan fingerprint density at radius 1 is 1.24 bits per heavy atom. The van der Waals surface area contributed by atoms with E-state index in [4.69, 9.17) is 9.47 Å². The van der Waals surface area contributed by atoms with Crippen molar-refractivity contribution in [3.63, 3.8) is 0 Å². The molecule has 4 nitrogen and oxygen atoms in total. The van der Waals surface area contributed by atoms with Crippen molar-refractivity contribution in [3.8, 4) is 11.5 Å². The molecule has 21 heavy (non-hydrogen) atoms. The summed E-state index contributed by atoms with van der Waals surface area (Å²) in [4.78, 5) is 22.7. The topological polar surface area (TPSA) is 52.6 Å². The van der Waals surface area contributed by atoms with Crippen LogP contribution in [0.15, 0.2) is 42.5 Å². The van der Waals surface area contributed by atoms with E-state index in [9.17, 15) is 14.0 Å². The van der Waals surface area contributed by atoms with Gasteiger partial charge >= 0.3 is 0 Å². The molecule has 0 atom stereocenters. The molecule has 108 valence electrons. The van der Waals surface area contributed by atoms with Gasteiger partial charge in [-0.15, -0.1) is 0 Å². The summed E-state index contributed by atoms with van der Waals surface area (Å²) in [7, 11) is 1.40. The summed E-state index contributed by atoms with van der Waals surface area (Å²) in [6.07, 6.45) is 0.685. The monoisotopic (exact) mass is 288 g/mol. The molecule has 0 unspecified atom stereocenters. The van der Waals surface area contributed by atoms with Gasteiger partial charge in [-0.3, -0.25) is 9.59 Å². The number of carbonyl (C=O) groups excluding carboxylic acids is 2. The second-order valence-electron chi connectivity index (χ2n) is 4.25. The largest absolute Gasteiger partial charge is 0.496 e. The number of carbonyl (C=O) groups is 2. The number of ketones is 1. The van der Waals surface area contributed by atoms with Crippen LogP contribution in [0, 0.1) is 5.82 Å². The Morgan fingerprint density at radius 2 is 2.05 bits per heavy atom. The van der Waals surface area contributed by atoms with Gasteiger partial charge in [0.25, 0.3) is 0 Å². The molecule has 5 heteroatoms. The molecule has 0 amide bonds. The van der Waals surface area contributed by atoms with Crippen molar-refractivity contribution in [2.45, 2.75) is 0 Å². The van der Waals surface area contributed by atoms with Crippen LogP contribution < -0.4 is 9.47 Å². The smallest absolute Gasteiger partial charge is 0.204 e. The van der Waals surface area contributed by atoms with Crippen LogP contribution in [0.5, 0.6) is 11.5 Å². The standard InChI is InChI=1S/C16H13FO4/c1-20-16-6-5-12(17)8-14(16)15(19)10-21-13-4-2-3-11(7-13)9-18/h2-9H,10H2,1H3. The van der Waals surface area contributed by atoms with Crippen molar-refractivity contribution in [2.24, 2.45) is 0 Å². The number of methoxy groups -OCH3 is 1. The highest BCUT2D eigenvalue weighted by Gasteiger charge is 2.14. The second-order valence-corrected chi connectivity index (χ2v) is 4.25. The van der Waals surface area contributed by atoms with Crippen molar-refractivity contribution in [3.05, 3.63) is 59.4 Å². The molecule has 0 saturated heterocycles. The molecule has 0 N–H and O–H groups in total. The first-order valence-electron chi connectivity index (χ1n) is 6.19. The van der Waals surface area contributed by atoms with Gasteiger partial charge in [0.2, 0.25) is 5.78 Å². The molecule has 0 aliphatic carbocycles. The van der Waals surface area contributed by atoms with Gasteiger partial charge in [-0.25, -0.2) is 4.39 Å². The minimum atomic E-state index is -0.526. The fraction of sp³-hybridized carbons (Fsp3) is 0.125. The average Bonchev–Trinajstić information content (AvgIpc) is 2.52. The SMILES string of the molecule is COc1ccc(F)cc1C(=O)COc1cccc(C=O)c1. The van der Waals surface area contributed by atoms with E-state index >= 15 is 0 Å². The van der Waals surface area contributed by atoms with Crippen LogP contribution in [0.4, 0.5) is 4.39 Å². The summed E-state index contributed by atoms with van der Waals surface area (Å²) in [5.41, 5.74) is 0.562. The van der Waals surface area contributed by atoms with Crippen molar-refractivity contribution in [1.29, 1.82) is 0 Å². The fourth-order valence-corrected chi connectivity index (χ4v) is 1.80. The third-order valence-electron chi connectivity index (χ3n) is 2.83. The Morgan fingerprint density at radius 3 is 2.76 bits per heavy atom. The molecule has 0 fully saturated rings. The van der Waals surface area contributed by atoms with E-state index in [-0.39, 0.29) is 17.9 Å². The minimum absolute atomic E-state index is 0.115. The number of hydrogen-bond acceptors (Lipinski definition) is 4. The summed E-state index contributed by atoms with van der Waals surface area (Å²) in [5, 5.41) is 0. The van der Waals surface area contributed by atoms with E-state index in [1.807, 2.05) is 0 Å². The molecule has 0 bridgehead atoms. The molecular weight excluding hydrogens is 275 g/mol. The third-order valence-corrected chi connectivity index (χ3v) is 2.83. The van der Waals surface area contributed by atoms with Crippen molar-refractivity contribution in [2.75, 3.05) is 13.7 Å². The van der Waals surface area contributed by atoms with Crippen LogP contribution in [0.1, 0.15) is 20.7 Å². The first-order chi connectivity index (χ1) is 10.1. The maximum atomic E-state index is 13.2. The molecule has 0 aliphatic rings. The Hall–Kier alpha value is -2.69. The highest BCUT2D eigenvalue weighted by molar-refractivity contribution is 5.99. The molecule has 0 spiro atoms. The highest BCUT2D eigenvalue weighted by atomic mass is 19.1. The first kappa shape index (κ1) is 14.7. The van der Waals surface area contributed by atoms with Crippen LogP contribution in [0.3, 0.4) is 0 Å². The van der Waals surface area contributed by atoms with Gasteiger partial charge in [-0.05, 0) is 30.3 Å². The zero-order valence-electron chi connectivity index (χ0n) is 11.3. The van der Waals surface area contributed by atoms with E-state index < -0.39 is 11.6 Å². The van der Waals surface area contributed by atoms with Crippen molar-refractivity contribution in [1.82, 2.24) is 0 Å². The van der Waals surface area contributed by atoms with Crippen LogP contribution in [-0.4, -0.2) is 25.8 Å². The highest BCUT2D eigenvalue weighted by Crippen LogP contribution is 2.20. The maximum Gasteiger partial charge on any atom is 0.204 e. The van der Waals surface area contributed by atoms with Gasteiger partial charge < -0.3 is 9.47 Å². The van der Waals surface area contributed by atoms with Crippen LogP contribution in [0.2, 0.25) is 0 Å². The summed E-state index contributed by atoms with van der Waals surface area (Å²) in [6.45, 7) is -0.276. The molecule has 2 rings (SSSR count). The van der Waals surface area contributed by atoms with E-state index in [1.54, 1.807) is 18.2 Å². The molecule has 2 aromatic carbocycles. The lowest BCUT2D eigenvalue weighted by atomic mass is 10.1. The molecule has 0 radical (unpaired) electrons. The zero-order chi connectivity index (χ0) is 15.2. The summed E-state index contributed by atoms with van der Waals surface area (Å²) >= 11 is 0. The number of Topliss-reactive ketones (excluding diaryl/α,β-unsaturated/α-hetero) is 1. The predicted molar refractivity (Wildman–Crippen MR) is 74.6 cm³/mol. The lowest BCUT2D eigenvalue weighted by Crippen LogP contribution is -2.13. The number of benzene rings is 2. The Bertz CT molecular complexity index is 667. The average molecular weight is 288 g/mol. The normalized spacial score (nSPS) is 10.0. The Kier molecular flexibility index (Phi) is 4.66. The summed E-state index contributed by atoms with van der Waals surface area (Å²) < 4.78 is 23.6. The third kappa shape index (κ3) is 3.66. The van der Waals surface area contributed by atoms with Gasteiger partial charge in [0.1, 0.15) is 23.6 Å². The molecule has 0 saturated carbocycles. The number of hydrogen-bond donors (Lipinski definition) is 0. The summed E-state index contributed by atoms with van der Waals surface area (Å²) in [5.74, 6) is -0.264. The second kappa shape index (κ2) is 6.65. The lowest BCUT2D eigenvalue weighted by Gasteiger charge is -2.09. The zero-order valence-corrected chi connectivity index (χ0v) is 11.3. The number of aldehydes is 1. The van der Waals surface area contributed by atoms with Crippen LogP contribution in [-0.2, 0) is 0 Å². The number of rotatable bonds is 6. The summed E-state index contributed by atoms with van der Waals surface area (Å²) in [6, 6.07) is 10.1. The Labute approximate surface area is 121 Å². The van der Waals surface area contributed by atoms with Crippen LogP contribution >= 0.6 is 0 Å². The number of halogens is 1. The molecule has 0 aliphatic heterocycles. The molecule has 0 heterocycles. The quantitative estimate of drug-likeness (QED) is 0.606. The maximum absolute atomic E-state index is 13.2. The van der Waals surface area contributed by atoms with Gasteiger partial charge in [-0.2, -0.15) is 0 Å². The lowest BCUT2D eigenvalue weighted by molar-refractivity contribution is 0.0918. The van der Waals surface area contributed by atoms with E-state index in [0.29, 0.717) is 17.6 Å². The van der Waals surface area contributed by atoms with Gasteiger partial charge in [0, 0.05) is 5.56 Å². The predicted octanol–water partition coefficient (Wildman–Crippen LogP) is 2.91. The first-order valence-corrected chi connectivity index (χ1v) is 6.19.